The van der Waals surface area contributed by atoms with Crippen molar-refractivity contribution in [3.63, 3.8) is 0 Å². The molecule has 7 nitrogen and oxygen atoms in total. The molecular formula is C21H32IN5O2. The second-order valence-corrected chi connectivity index (χ2v) is 6.57. The van der Waals surface area contributed by atoms with Crippen molar-refractivity contribution < 1.29 is 9.47 Å². The van der Waals surface area contributed by atoms with Gasteiger partial charge in [-0.2, -0.15) is 0 Å². The molecule has 160 valence electrons. The number of nitrogens with one attached hydrogen (secondary N) is 2. The minimum absolute atomic E-state index is 0. The number of aromatic nitrogens is 1. The van der Waals surface area contributed by atoms with Crippen LogP contribution in [0.1, 0.15) is 19.5 Å². The summed E-state index contributed by atoms with van der Waals surface area (Å²) >= 11 is 0. The second-order valence-electron chi connectivity index (χ2n) is 6.57. The molecular weight excluding hydrogens is 481 g/mol. The summed E-state index contributed by atoms with van der Waals surface area (Å²) < 4.78 is 11.2. The van der Waals surface area contributed by atoms with Crippen LogP contribution >= 0.6 is 24.0 Å². The first kappa shape index (κ1) is 24.8. The highest BCUT2D eigenvalue weighted by atomic mass is 127. The maximum absolute atomic E-state index is 5.95. The smallest absolute Gasteiger partial charge is 0.191 e. The minimum Gasteiger partial charge on any atom is -0.497 e. The summed E-state index contributed by atoms with van der Waals surface area (Å²) in [5, 5.41) is 6.57. The number of anilines is 1. The number of hydrogen-bond donors (Lipinski definition) is 2. The summed E-state index contributed by atoms with van der Waals surface area (Å²) in [6, 6.07) is 13.6. The number of halogens is 1. The molecule has 0 aliphatic heterocycles. The summed E-state index contributed by atoms with van der Waals surface area (Å²) in [7, 11) is 5.60. The van der Waals surface area contributed by atoms with Crippen molar-refractivity contribution in [2.75, 3.05) is 39.2 Å². The van der Waals surface area contributed by atoms with Crippen LogP contribution < -0.4 is 25.0 Å². The molecule has 0 saturated carbocycles. The van der Waals surface area contributed by atoms with Gasteiger partial charge in [0.05, 0.1) is 25.9 Å². The summed E-state index contributed by atoms with van der Waals surface area (Å²) in [5.74, 6) is 3.21. The number of nitrogens with zero attached hydrogens (tertiary/aromatic N) is 3. The lowest BCUT2D eigenvalue weighted by atomic mass is 10.3. The van der Waals surface area contributed by atoms with Gasteiger partial charge in [0.15, 0.2) is 5.96 Å². The van der Waals surface area contributed by atoms with Crippen LogP contribution in [0.4, 0.5) is 5.82 Å². The van der Waals surface area contributed by atoms with Crippen molar-refractivity contribution in [3.05, 3.63) is 48.2 Å². The third kappa shape index (κ3) is 8.76. The van der Waals surface area contributed by atoms with Crippen molar-refractivity contribution in [1.82, 2.24) is 15.6 Å². The third-order valence-electron chi connectivity index (χ3n) is 3.93. The van der Waals surface area contributed by atoms with Gasteiger partial charge in [-0.15, -0.1) is 24.0 Å². The Hall–Kier alpha value is -2.23. The van der Waals surface area contributed by atoms with E-state index in [1.807, 2.05) is 75.3 Å². The molecule has 2 rings (SSSR count). The molecule has 2 N–H and O–H groups in total. The quantitative estimate of drug-likeness (QED) is 0.305. The summed E-state index contributed by atoms with van der Waals surface area (Å²) in [5.41, 5.74) is 0.920. The van der Waals surface area contributed by atoms with Crippen LogP contribution in [0.5, 0.6) is 11.5 Å². The van der Waals surface area contributed by atoms with Crippen LogP contribution in [-0.4, -0.2) is 51.3 Å². The van der Waals surface area contributed by atoms with E-state index in [-0.39, 0.29) is 30.1 Å². The van der Waals surface area contributed by atoms with Gasteiger partial charge in [-0.25, -0.2) is 9.98 Å². The molecule has 0 spiro atoms. The molecule has 2 aromatic rings. The summed E-state index contributed by atoms with van der Waals surface area (Å²) in [4.78, 5) is 11.2. The van der Waals surface area contributed by atoms with E-state index in [0.717, 1.165) is 35.5 Å². The van der Waals surface area contributed by atoms with Crippen LogP contribution in [-0.2, 0) is 6.54 Å². The van der Waals surface area contributed by atoms with E-state index in [1.165, 1.54) is 0 Å². The van der Waals surface area contributed by atoms with E-state index in [1.54, 1.807) is 7.11 Å². The monoisotopic (exact) mass is 513 g/mol. The van der Waals surface area contributed by atoms with Crippen LogP contribution in [0.3, 0.4) is 0 Å². The number of rotatable bonds is 9. The zero-order valence-corrected chi connectivity index (χ0v) is 20.1. The average Bonchev–Trinajstić information content (AvgIpc) is 2.70. The predicted molar refractivity (Wildman–Crippen MR) is 130 cm³/mol. The zero-order valence-electron chi connectivity index (χ0n) is 17.8. The Balaban J connectivity index is 0.00000420. The maximum Gasteiger partial charge on any atom is 0.191 e. The van der Waals surface area contributed by atoms with Gasteiger partial charge < -0.3 is 25.0 Å². The minimum atomic E-state index is -0.0360. The fourth-order valence-corrected chi connectivity index (χ4v) is 2.49. The second kappa shape index (κ2) is 13.1. The first-order valence-corrected chi connectivity index (χ1v) is 9.48. The number of guanidine groups is 1. The van der Waals surface area contributed by atoms with E-state index < -0.39 is 0 Å². The first-order chi connectivity index (χ1) is 13.5. The number of aliphatic imine (C=N–C) groups is 1. The molecule has 1 aromatic carbocycles. The SMILES string of the molecule is CCNC(=NCc1cccc(N(C)C)n1)NCC(C)Oc1cccc(OC)c1.I. The Morgan fingerprint density at radius 2 is 1.86 bits per heavy atom. The highest BCUT2D eigenvalue weighted by molar-refractivity contribution is 14.0. The van der Waals surface area contributed by atoms with Gasteiger partial charge >= 0.3 is 0 Å². The third-order valence-corrected chi connectivity index (χ3v) is 3.93. The average molecular weight is 513 g/mol. The molecule has 1 aromatic heterocycles. The fourth-order valence-electron chi connectivity index (χ4n) is 2.49. The van der Waals surface area contributed by atoms with Crippen LogP contribution in [0, 0.1) is 0 Å². The Morgan fingerprint density at radius 3 is 2.55 bits per heavy atom. The molecule has 8 heteroatoms. The molecule has 0 saturated heterocycles. The first-order valence-electron chi connectivity index (χ1n) is 9.48. The molecule has 0 radical (unpaired) electrons. The number of pyridine rings is 1. The maximum atomic E-state index is 5.95. The zero-order chi connectivity index (χ0) is 20.4. The number of benzene rings is 1. The molecule has 1 atom stereocenters. The van der Waals surface area contributed by atoms with E-state index in [4.69, 9.17) is 9.47 Å². The normalized spacial score (nSPS) is 11.8. The van der Waals surface area contributed by atoms with Gasteiger partial charge in [0.25, 0.3) is 0 Å². The number of ether oxygens (including phenoxy) is 2. The Labute approximate surface area is 190 Å². The molecule has 1 unspecified atom stereocenters. The molecule has 29 heavy (non-hydrogen) atoms. The fraction of sp³-hybridized carbons (Fsp3) is 0.429. The largest absolute Gasteiger partial charge is 0.497 e. The molecule has 1 heterocycles. The lowest BCUT2D eigenvalue weighted by Gasteiger charge is -2.18. The van der Waals surface area contributed by atoms with Gasteiger partial charge in [-0.05, 0) is 38.1 Å². The molecule has 0 fully saturated rings. The lowest BCUT2D eigenvalue weighted by Crippen LogP contribution is -2.41. The molecule has 0 aliphatic rings. The van der Waals surface area contributed by atoms with E-state index in [0.29, 0.717) is 13.1 Å². The van der Waals surface area contributed by atoms with Gasteiger partial charge in [0.1, 0.15) is 23.4 Å². The topological polar surface area (TPSA) is 71.0 Å². The highest BCUT2D eigenvalue weighted by Crippen LogP contribution is 2.19. The van der Waals surface area contributed by atoms with Crippen LogP contribution in [0.15, 0.2) is 47.5 Å². The van der Waals surface area contributed by atoms with E-state index in [9.17, 15) is 0 Å². The number of methoxy groups -OCH3 is 1. The molecule has 0 aliphatic carbocycles. The van der Waals surface area contributed by atoms with Gasteiger partial charge in [0, 0.05) is 26.7 Å². The van der Waals surface area contributed by atoms with Gasteiger partial charge in [-0.1, -0.05) is 12.1 Å². The molecule has 0 bridgehead atoms. The van der Waals surface area contributed by atoms with Crippen molar-refractivity contribution in [2.24, 2.45) is 4.99 Å². The van der Waals surface area contributed by atoms with Crippen molar-refractivity contribution in [3.8, 4) is 11.5 Å². The van der Waals surface area contributed by atoms with Crippen LogP contribution in [0.25, 0.3) is 0 Å². The van der Waals surface area contributed by atoms with Crippen LogP contribution in [0.2, 0.25) is 0 Å². The van der Waals surface area contributed by atoms with Gasteiger partial charge in [0.2, 0.25) is 0 Å². The Morgan fingerprint density at radius 1 is 1.14 bits per heavy atom. The highest BCUT2D eigenvalue weighted by Gasteiger charge is 2.07. The number of hydrogen-bond acceptors (Lipinski definition) is 5. The van der Waals surface area contributed by atoms with E-state index in [2.05, 4.69) is 20.6 Å². The predicted octanol–water partition coefficient (Wildman–Crippen LogP) is 3.30. The summed E-state index contributed by atoms with van der Waals surface area (Å²) in [6.07, 6.45) is -0.0360. The van der Waals surface area contributed by atoms with Crippen molar-refractivity contribution in [2.45, 2.75) is 26.5 Å². The standard InChI is InChI=1S/C21H31N5O2.HI/c1-6-22-21(24-15-17-9-7-12-20(25-17)26(3)4)23-14-16(2)28-19-11-8-10-18(13-19)27-5;/h7-13,16H,6,14-15H2,1-5H3,(H2,22,23,24);1H. The van der Waals surface area contributed by atoms with Crippen molar-refractivity contribution in [1.29, 1.82) is 0 Å². The summed E-state index contributed by atoms with van der Waals surface area (Å²) in [6.45, 7) is 5.95. The van der Waals surface area contributed by atoms with Gasteiger partial charge in [-0.3, -0.25) is 0 Å². The Bertz CT molecular complexity index is 770. The lowest BCUT2D eigenvalue weighted by molar-refractivity contribution is 0.223. The Kier molecular flexibility index (Phi) is 11.2. The van der Waals surface area contributed by atoms with E-state index >= 15 is 0 Å². The molecule has 0 amide bonds. The van der Waals surface area contributed by atoms with Crippen molar-refractivity contribution >= 4 is 35.8 Å².